The third kappa shape index (κ3) is 3.20. The van der Waals surface area contributed by atoms with Crippen molar-refractivity contribution in [1.82, 2.24) is 9.97 Å². The molecule has 5 heteroatoms. The van der Waals surface area contributed by atoms with Gasteiger partial charge in [0.05, 0.1) is 13.2 Å². The van der Waals surface area contributed by atoms with E-state index >= 15 is 0 Å². The Balaban J connectivity index is 1.89. The lowest BCUT2D eigenvalue weighted by Crippen LogP contribution is -2.37. The Morgan fingerprint density at radius 2 is 2.05 bits per heavy atom. The maximum atomic E-state index is 5.39. The Labute approximate surface area is 131 Å². The van der Waals surface area contributed by atoms with Gasteiger partial charge in [0.2, 0.25) is 5.95 Å². The van der Waals surface area contributed by atoms with E-state index in [4.69, 9.17) is 9.72 Å². The molecule has 1 aliphatic rings. The van der Waals surface area contributed by atoms with Crippen LogP contribution in [-0.2, 0) is 4.74 Å². The van der Waals surface area contributed by atoms with Gasteiger partial charge in [-0.2, -0.15) is 4.98 Å². The monoisotopic (exact) mass is 298 g/mol. The van der Waals surface area contributed by atoms with Crippen molar-refractivity contribution in [3.8, 4) is 0 Å². The molecular formula is C17H22N4O. The van der Waals surface area contributed by atoms with Gasteiger partial charge in [-0.3, -0.25) is 0 Å². The predicted molar refractivity (Wildman–Crippen MR) is 88.9 cm³/mol. The van der Waals surface area contributed by atoms with E-state index < -0.39 is 0 Å². The summed E-state index contributed by atoms with van der Waals surface area (Å²) in [6, 6.07) is 10.5. The minimum Gasteiger partial charge on any atom is -0.378 e. The molecule has 3 rings (SSSR count). The van der Waals surface area contributed by atoms with E-state index in [9.17, 15) is 0 Å². The molecular weight excluding hydrogens is 276 g/mol. The highest BCUT2D eigenvalue weighted by Crippen LogP contribution is 2.25. The molecule has 1 saturated heterocycles. The van der Waals surface area contributed by atoms with Gasteiger partial charge in [0, 0.05) is 31.5 Å². The Bertz CT molecular complexity index is 626. The molecule has 2 aromatic rings. The van der Waals surface area contributed by atoms with Crippen molar-refractivity contribution in [3.63, 3.8) is 0 Å². The summed E-state index contributed by atoms with van der Waals surface area (Å²) in [4.78, 5) is 13.6. The number of ether oxygens (including phenoxy) is 1. The van der Waals surface area contributed by atoms with E-state index in [1.165, 1.54) is 5.56 Å². The molecule has 1 fully saturated rings. The first-order chi connectivity index (χ1) is 10.8. The zero-order valence-electron chi connectivity index (χ0n) is 13.2. The van der Waals surface area contributed by atoms with E-state index in [1.807, 2.05) is 12.3 Å². The largest absolute Gasteiger partial charge is 0.378 e. The van der Waals surface area contributed by atoms with Crippen LogP contribution in [0.15, 0.2) is 36.5 Å². The SMILES string of the molecule is CCN(c1cccc(C)c1)c1ccnc(N2CCOCC2)n1. The molecule has 0 radical (unpaired) electrons. The van der Waals surface area contributed by atoms with Gasteiger partial charge < -0.3 is 14.5 Å². The van der Waals surface area contributed by atoms with Crippen LogP contribution in [0.5, 0.6) is 0 Å². The third-order valence-electron chi connectivity index (χ3n) is 3.83. The molecule has 0 unspecified atom stereocenters. The van der Waals surface area contributed by atoms with Gasteiger partial charge in [-0.25, -0.2) is 4.98 Å². The molecule has 1 aromatic heterocycles. The fraction of sp³-hybridized carbons (Fsp3) is 0.412. The standard InChI is InChI=1S/C17H22N4O/c1-3-21(15-6-4-5-14(2)13-15)16-7-8-18-17(19-16)20-9-11-22-12-10-20/h4-8,13H,3,9-12H2,1-2H3. The van der Waals surface area contributed by atoms with Gasteiger partial charge in [0.15, 0.2) is 0 Å². The summed E-state index contributed by atoms with van der Waals surface area (Å²) in [5, 5.41) is 0. The van der Waals surface area contributed by atoms with E-state index in [2.05, 4.69) is 52.9 Å². The van der Waals surface area contributed by atoms with Crippen molar-refractivity contribution < 1.29 is 4.74 Å². The van der Waals surface area contributed by atoms with Crippen LogP contribution in [0, 0.1) is 6.92 Å². The molecule has 0 spiro atoms. The maximum absolute atomic E-state index is 5.39. The number of morpholine rings is 1. The van der Waals surface area contributed by atoms with Crippen molar-refractivity contribution in [3.05, 3.63) is 42.1 Å². The molecule has 0 amide bonds. The number of hydrogen-bond acceptors (Lipinski definition) is 5. The fourth-order valence-electron chi connectivity index (χ4n) is 2.68. The van der Waals surface area contributed by atoms with Crippen molar-refractivity contribution >= 4 is 17.5 Å². The van der Waals surface area contributed by atoms with Gasteiger partial charge in [-0.15, -0.1) is 0 Å². The number of benzene rings is 1. The average Bonchev–Trinajstić information content (AvgIpc) is 2.57. The van der Waals surface area contributed by atoms with Crippen LogP contribution in [-0.4, -0.2) is 42.8 Å². The van der Waals surface area contributed by atoms with E-state index in [0.717, 1.165) is 50.3 Å². The predicted octanol–water partition coefficient (Wildman–Crippen LogP) is 2.78. The van der Waals surface area contributed by atoms with Crippen molar-refractivity contribution in [2.75, 3.05) is 42.6 Å². The summed E-state index contributed by atoms with van der Waals surface area (Å²) >= 11 is 0. The first-order valence-corrected chi connectivity index (χ1v) is 7.78. The summed E-state index contributed by atoms with van der Waals surface area (Å²) in [6.45, 7) is 8.28. The normalized spacial score (nSPS) is 14.9. The van der Waals surface area contributed by atoms with Gasteiger partial charge in [-0.1, -0.05) is 12.1 Å². The lowest BCUT2D eigenvalue weighted by molar-refractivity contribution is 0.122. The molecule has 1 aliphatic heterocycles. The van der Waals surface area contributed by atoms with Crippen LogP contribution in [0.4, 0.5) is 17.5 Å². The number of rotatable bonds is 4. The quantitative estimate of drug-likeness (QED) is 0.868. The zero-order valence-corrected chi connectivity index (χ0v) is 13.2. The Morgan fingerprint density at radius 1 is 1.23 bits per heavy atom. The third-order valence-corrected chi connectivity index (χ3v) is 3.83. The summed E-state index contributed by atoms with van der Waals surface area (Å²) in [5.41, 5.74) is 2.41. The molecule has 22 heavy (non-hydrogen) atoms. The van der Waals surface area contributed by atoms with Crippen LogP contribution in [0.1, 0.15) is 12.5 Å². The van der Waals surface area contributed by atoms with Crippen molar-refractivity contribution in [2.24, 2.45) is 0 Å². The van der Waals surface area contributed by atoms with E-state index in [-0.39, 0.29) is 0 Å². The Kier molecular flexibility index (Phi) is 4.53. The molecule has 1 aromatic carbocycles. The highest BCUT2D eigenvalue weighted by Gasteiger charge is 2.16. The summed E-state index contributed by atoms with van der Waals surface area (Å²) in [6.07, 6.45) is 1.84. The van der Waals surface area contributed by atoms with Crippen LogP contribution in [0.3, 0.4) is 0 Å². The molecule has 0 aliphatic carbocycles. The highest BCUT2D eigenvalue weighted by molar-refractivity contribution is 5.61. The van der Waals surface area contributed by atoms with Gasteiger partial charge in [-0.05, 0) is 37.6 Å². The van der Waals surface area contributed by atoms with E-state index in [0.29, 0.717) is 0 Å². The molecule has 5 nitrogen and oxygen atoms in total. The lowest BCUT2D eigenvalue weighted by Gasteiger charge is -2.28. The highest BCUT2D eigenvalue weighted by atomic mass is 16.5. The van der Waals surface area contributed by atoms with Gasteiger partial charge in [0.25, 0.3) is 0 Å². The molecule has 0 saturated carbocycles. The summed E-state index contributed by atoms with van der Waals surface area (Å²) < 4.78 is 5.39. The Morgan fingerprint density at radius 3 is 2.77 bits per heavy atom. The lowest BCUT2D eigenvalue weighted by atomic mass is 10.2. The first kappa shape index (κ1) is 14.8. The number of hydrogen-bond donors (Lipinski definition) is 0. The van der Waals surface area contributed by atoms with Crippen LogP contribution >= 0.6 is 0 Å². The maximum Gasteiger partial charge on any atom is 0.227 e. The molecule has 116 valence electrons. The van der Waals surface area contributed by atoms with Gasteiger partial charge >= 0.3 is 0 Å². The second kappa shape index (κ2) is 6.75. The molecule has 0 bridgehead atoms. The van der Waals surface area contributed by atoms with Crippen molar-refractivity contribution in [2.45, 2.75) is 13.8 Å². The molecule has 0 N–H and O–H groups in total. The topological polar surface area (TPSA) is 41.5 Å². The number of aromatic nitrogens is 2. The minimum absolute atomic E-state index is 0.739. The van der Waals surface area contributed by atoms with Crippen molar-refractivity contribution in [1.29, 1.82) is 0 Å². The smallest absolute Gasteiger partial charge is 0.227 e. The molecule has 0 atom stereocenters. The second-order valence-corrected chi connectivity index (χ2v) is 5.40. The average molecular weight is 298 g/mol. The summed E-state index contributed by atoms with van der Waals surface area (Å²) in [5.74, 6) is 1.72. The number of aryl methyl sites for hydroxylation is 1. The summed E-state index contributed by atoms with van der Waals surface area (Å²) in [7, 11) is 0. The number of anilines is 3. The second-order valence-electron chi connectivity index (χ2n) is 5.40. The first-order valence-electron chi connectivity index (χ1n) is 7.78. The molecule has 2 heterocycles. The van der Waals surface area contributed by atoms with Crippen LogP contribution in [0.2, 0.25) is 0 Å². The van der Waals surface area contributed by atoms with E-state index in [1.54, 1.807) is 0 Å². The van der Waals surface area contributed by atoms with Crippen LogP contribution in [0.25, 0.3) is 0 Å². The number of nitrogens with zero attached hydrogens (tertiary/aromatic N) is 4. The zero-order chi connectivity index (χ0) is 15.4. The Hall–Kier alpha value is -2.14. The van der Waals surface area contributed by atoms with Gasteiger partial charge in [0.1, 0.15) is 5.82 Å². The van der Waals surface area contributed by atoms with Crippen LogP contribution < -0.4 is 9.80 Å². The minimum atomic E-state index is 0.739. The fourth-order valence-corrected chi connectivity index (χ4v) is 2.68.